The molecule has 3 aromatic rings. The van der Waals surface area contributed by atoms with Gasteiger partial charge in [0.05, 0.1) is 6.26 Å². The molecule has 0 aliphatic rings. The highest BCUT2D eigenvalue weighted by Gasteiger charge is 2.23. The van der Waals surface area contributed by atoms with Crippen LogP contribution in [0.15, 0.2) is 71.3 Å². The molecule has 0 saturated carbocycles. The molecule has 1 heterocycles. The zero-order chi connectivity index (χ0) is 19.9. The molecule has 3 rings (SSSR count). The van der Waals surface area contributed by atoms with Gasteiger partial charge in [-0.05, 0) is 49.4 Å². The molecule has 0 bridgehead atoms. The van der Waals surface area contributed by atoms with E-state index in [1.807, 2.05) is 18.2 Å². The highest BCUT2D eigenvalue weighted by atomic mass is 19.1. The van der Waals surface area contributed by atoms with Gasteiger partial charge in [-0.3, -0.25) is 4.79 Å². The van der Waals surface area contributed by atoms with Gasteiger partial charge in [-0.15, -0.1) is 0 Å². The van der Waals surface area contributed by atoms with Gasteiger partial charge in [-0.25, -0.2) is 9.18 Å². The van der Waals surface area contributed by atoms with Crippen LogP contribution in [0, 0.1) is 5.82 Å². The second kappa shape index (κ2) is 8.85. The minimum absolute atomic E-state index is 0.0302. The van der Waals surface area contributed by atoms with E-state index in [1.54, 1.807) is 18.2 Å². The summed E-state index contributed by atoms with van der Waals surface area (Å²) in [6.45, 7) is 1.54. The number of hydrogen-bond acceptors (Lipinski definition) is 5. The highest BCUT2D eigenvalue weighted by Crippen LogP contribution is 2.17. The summed E-state index contributed by atoms with van der Waals surface area (Å²) in [6, 6.07) is 16.0. The van der Waals surface area contributed by atoms with Crippen molar-refractivity contribution >= 4 is 17.6 Å². The van der Waals surface area contributed by atoms with Crippen molar-refractivity contribution in [1.82, 2.24) is 0 Å². The van der Waals surface area contributed by atoms with Gasteiger partial charge in [0.1, 0.15) is 18.2 Å². The number of benzene rings is 2. The van der Waals surface area contributed by atoms with E-state index in [0.717, 1.165) is 0 Å². The lowest BCUT2D eigenvalue weighted by Gasteiger charge is -2.13. The molecular weight excluding hydrogens is 365 g/mol. The molecular formula is C21H18FNO5. The molecule has 0 fully saturated rings. The van der Waals surface area contributed by atoms with E-state index in [4.69, 9.17) is 13.9 Å². The Morgan fingerprint density at radius 3 is 2.50 bits per heavy atom. The molecule has 7 heteroatoms. The quantitative estimate of drug-likeness (QED) is 0.619. The Morgan fingerprint density at radius 1 is 1.07 bits per heavy atom. The molecule has 0 radical (unpaired) electrons. The Balaban J connectivity index is 1.57. The Labute approximate surface area is 160 Å². The van der Waals surface area contributed by atoms with E-state index >= 15 is 0 Å². The van der Waals surface area contributed by atoms with Gasteiger partial charge in [0.15, 0.2) is 6.10 Å². The van der Waals surface area contributed by atoms with Crippen molar-refractivity contribution in [3.05, 3.63) is 84.1 Å². The Kier molecular flexibility index (Phi) is 6.06. The molecule has 0 unspecified atom stereocenters. The number of ether oxygens (including phenoxy) is 2. The number of nitrogens with one attached hydrogen (secondary N) is 1. The van der Waals surface area contributed by atoms with Crippen molar-refractivity contribution in [1.29, 1.82) is 0 Å². The highest BCUT2D eigenvalue weighted by molar-refractivity contribution is 5.96. The lowest BCUT2D eigenvalue weighted by Crippen LogP contribution is -2.30. The predicted molar refractivity (Wildman–Crippen MR) is 99.4 cm³/mol. The van der Waals surface area contributed by atoms with E-state index in [-0.39, 0.29) is 12.4 Å². The Hall–Kier alpha value is -3.61. The third-order valence-corrected chi connectivity index (χ3v) is 3.83. The zero-order valence-corrected chi connectivity index (χ0v) is 15.1. The van der Waals surface area contributed by atoms with Crippen molar-refractivity contribution in [2.75, 3.05) is 5.32 Å². The van der Waals surface area contributed by atoms with Crippen molar-refractivity contribution < 1.29 is 27.9 Å². The summed E-state index contributed by atoms with van der Waals surface area (Å²) in [4.78, 5) is 24.5. The standard InChI is InChI=1S/C21H18FNO5/c1-14(20(24)23-17-9-7-16(22)8-10-17)28-21(25)19-15(11-12-26-19)13-27-18-5-3-2-4-6-18/h2-12,14H,13H2,1H3,(H,23,24)/t14-/m1/s1. The first-order valence-corrected chi connectivity index (χ1v) is 8.54. The lowest BCUT2D eigenvalue weighted by atomic mass is 10.2. The SMILES string of the molecule is C[C@@H](OC(=O)c1occc1COc1ccccc1)C(=O)Nc1ccc(F)cc1. The second-order valence-corrected chi connectivity index (χ2v) is 5.92. The van der Waals surface area contributed by atoms with Crippen LogP contribution < -0.4 is 10.1 Å². The summed E-state index contributed by atoms with van der Waals surface area (Å²) in [5.74, 6) is -1.13. The third kappa shape index (κ3) is 4.97. The third-order valence-electron chi connectivity index (χ3n) is 3.83. The first-order valence-electron chi connectivity index (χ1n) is 8.54. The fourth-order valence-electron chi connectivity index (χ4n) is 2.35. The average Bonchev–Trinajstić information content (AvgIpc) is 3.17. The van der Waals surface area contributed by atoms with E-state index in [9.17, 15) is 14.0 Å². The summed E-state index contributed by atoms with van der Waals surface area (Å²) in [6.07, 6.45) is 0.273. The number of carbonyl (C=O) groups is 2. The fraction of sp³-hybridized carbons (Fsp3) is 0.143. The molecule has 1 atom stereocenters. The van der Waals surface area contributed by atoms with E-state index in [1.165, 1.54) is 37.5 Å². The number of esters is 1. The van der Waals surface area contributed by atoms with Crippen LogP contribution in [-0.4, -0.2) is 18.0 Å². The average molecular weight is 383 g/mol. The Morgan fingerprint density at radius 2 is 1.79 bits per heavy atom. The van der Waals surface area contributed by atoms with Gasteiger partial charge in [0.2, 0.25) is 5.76 Å². The lowest BCUT2D eigenvalue weighted by molar-refractivity contribution is -0.123. The largest absolute Gasteiger partial charge is 0.489 e. The number of furan rings is 1. The van der Waals surface area contributed by atoms with Crippen LogP contribution in [0.3, 0.4) is 0 Å². The van der Waals surface area contributed by atoms with Gasteiger partial charge in [-0.1, -0.05) is 18.2 Å². The summed E-state index contributed by atoms with van der Waals surface area (Å²) >= 11 is 0. The molecule has 0 aliphatic heterocycles. The summed E-state index contributed by atoms with van der Waals surface area (Å²) in [5, 5.41) is 2.54. The number of anilines is 1. The molecule has 0 spiro atoms. The topological polar surface area (TPSA) is 77.8 Å². The number of para-hydroxylation sites is 1. The summed E-state index contributed by atoms with van der Waals surface area (Å²) in [5.41, 5.74) is 0.893. The minimum atomic E-state index is -1.08. The molecule has 1 amide bonds. The monoisotopic (exact) mass is 383 g/mol. The van der Waals surface area contributed by atoms with Crippen LogP contribution in [0.25, 0.3) is 0 Å². The van der Waals surface area contributed by atoms with Gasteiger partial charge in [0.25, 0.3) is 5.91 Å². The van der Waals surface area contributed by atoms with Crippen LogP contribution >= 0.6 is 0 Å². The second-order valence-electron chi connectivity index (χ2n) is 5.92. The maximum absolute atomic E-state index is 12.9. The van der Waals surface area contributed by atoms with Crippen LogP contribution in [0.2, 0.25) is 0 Å². The maximum Gasteiger partial charge on any atom is 0.375 e. The zero-order valence-electron chi connectivity index (χ0n) is 15.1. The smallest absolute Gasteiger partial charge is 0.375 e. The van der Waals surface area contributed by atoms with E-state index in [0.29, 0.717) is 17.0 Å². The normalized spacial score (nSPS) is 11.5. The molecule has 144 valence electrons. The summed E-state index contributed by atoms with van der Waals surface area (Å²) < 4.78 is 28.9. The van der Waals surface area contributed by atoms with Crippen molar-refractivity contribution in [2.24, 2.45) is 0 Å². The van der Waals surface area contributed by atoms with Crippen LogP contribution in [0.1, 0.15) is 23.0 Å². The van der Waals surface area contributed by atoms with Crippen LogP contribution in [0.5, 0.6) is 5.75 Å². The van der Waals surface area contributed by atoms with Crippen molar-refractivity contribution in [3.8, 4) is 5.75 Å². The van der Waals surface area contributed by atoms with Crippen molar-refractivity contribution in [2.45, 2.75) is 19.6 Å². The van der Waals surface area contributed by atoms with Crippen LogP contribution in [-0.2, 0) is 16.1 Å². The number of hydrogen-bond donors (Lipinski definition) is 1. The Bertz CT molecular complexity index is 937. The molecule has 2 aromatic carbocycles. The number of amides is 1. The van der Waals surface area contributed by atoms with Gasteiger partial charge in [-0.2, -0.15) is 0 Å². The minimum Gasteiger partial charge on any atom is -0.489 e. The number of rotatable bonds is 7. The van der Waals surface area contributed by atoms with Gasteiger partial charge >= 0.3 is 5.97 Å². The number of carbonyl (C=O) groups excluding carboxylic acids is 2. The van der Waals surface area contributed by atoms with Gasteiger partial charge in [0, 0.05) is 11.3 Å². The first kappa shape index (κ1) is 19.2. The molecule has 1 aromatic heterocycles. The molecule has 0 aliphatic carbocycles. The molecule has 6 nitrogen and oxygen atoms in total. The number of halogens is 1. The maximum atomic E-state index is 12.9. The fourth-order valence-corrected chi connectivity index (χ4v) is 2.35. The summed E-state index contributed by atoms with van der Waals surface area (Å²) in [7, 11) is 0. The van der Waals surface area contributed by atoms with E-state index < -0.39 is 23.8 Å². The predicted octanol–water partition coefficient (Wildman–Crippen LogP) is 4.18. The molecule has 0 saturated heterocycles. The first-order chi connectivity index (χ1) is 13.5. The van der Waals surface area contributed by atoms with Crippen LogP contribution in [0.4, 0.5) is 10.1 Å². The van der Waals surface area contributed by atoms with Crippen molar-refractivity contribution in [3.63, 3.8) is 0 Å². The van der Waals surface area contributed by atoms with E-state index in [2.05, 4.69) is 5.32 Å². The van der Waals surface area contributed by atoms with Gasteiger partial charge < -0.3 is 19.2 Å². The molecule has 1 N–H and O–H groups in total. The molecule has 28 heavy (non-hydrogen) atoms.